The van der Waals surface area contributed by atoms with Crippen LogP contribution < -0.4 is 10.1 Å². The number of amides is 1. The highest BCUT2D eigenvalue weighted by molar-refractivity contribution is 7.89. The number of anilines is 1. The molecule has 2 aromatic rings. The van der Waals surface area contributed by atoms with Crippen LogP contribution in [-0.2, 0) is 10.0 Å². The molecule has 0 aliphatic carbocycles. The van der Waals surface area contributed by atoms with Crippen molar-refractivity contribution in [3.05, 3.63) is 53.1 Å². The van der Waals surface area contributed by atoms with Gasteiger partial charge in [-0.25, -0.2) is 8.42 Å². The fourth-order valence-electron chi connectivity index (χ4n) is 3.05. The van der Waals surface area contributed by atoms with Gasteiger partial charge in [0.2, 0.25) is 10.0 Å². The van der Waals surface area contributed by atoms with Crippen molar-refractivity contribution in [3.63, 3.8) is 0 Å². The summed E-state index contributed by atoms with van der Waals surface area (Å²) < 4.78 is 56.6. The van der Waals surface area contributed by atoms with Crippen molar-refractivity contribution in [1.29, 1.82) is 0 Å². The molecule has 0 spiro atoms. The van der Waals surface area contributed by atoms with Crippen LogP contribution in [0, 0.1) is 0 Å². The predicted octanol–water partition coefficient (Wildman–Crippen LogP) is 4.37. The zero-order valence-electron chi connectivity index (χ0n) is 15.3. The molecule has 0 saturated carbocycles. The van der Waals surface area contributed by atoms with Crippen molar-refractivity contribution in [3.8, 4) is 5.75 Å². The van der Waals surface area contributed by atoms with Crippen molar-refractivity contribution >= 4 is 33.2 Å². The Kier molecular flexibility index (Phi) is 6.71. The van der Waals surface area contributed by atoms with Crippen LogP contribution in [-0.4, -0.2) is 38.3 Å². The first-order valence-corrected chi connectivity index (χ1v) is 10.8. The number of ether oxygens (including phenoxy) is 1. The minimum atomic E-state index is -3.76. The Balaban J connectivity index is 1.88. The number of sulfonamides is 1. The first-order chi connectivity index (χ1) is 13.8. The summed E-state index contributed by atoms with van der Waals surface area (Å²) in [6.45, 7) is -2.22. The quantitative estimate of drug-likeness (QED) is 0.717. The van der Waals surface area contributed by atoms with E-state index < -0.39 is 22.5 Å². The Bertz CT molecular complexity index is 995. The second-order valence-electron chi connectivity index (χ2n) is 6.44. The minimum absolute atomic E-state index is 0.0122. The van der Waals surface area contributed by atoms with Crippen molar-refractivity contribution < 1.29 is 26.7 Å². The molecule has 6 nitrogen and oxygen atoms in total. The highest BCUT2D eigenvalue weighted by atomic mass is 35.5. The van der Waals surface area contributed by atoms with E-state index in [4.69, 9.17) is 11.6 Å². The zero-order chi connectivity index (χ0) is 21.0. The molecule has 29 heavy (non-hydrogen) atoms. The summed E-state index contributed by atoms with van der Waals surface area (Å²) in [6, 6.07) is 9.54. The number of nitrogens with one attached hydrogen (secondary N) is 1. The third kappa shape index (κ3) is 5.04. The molecule has 1 N–H and O–H groups in total. The van der Waals surface area contributed by atoms with Crippen LogP contribution in [0.15, 0.2) is 47.4 Å². The maximum atomic E-state index is 12.9. The maximum absolute atomic E-state index is 12.9. The molecule has 156 valence electrons. The molecule has 0 bridgehead atoms. The molecule has 0 unspecified atom stereocenters. The summed E-state index contributed by atoms with van der Waals surface area (Å²) in [5, 5.41) is 2.48. The van der Waals surface area contributed by atoms with Crippen molar-refractivity contribution in [1.82, 2.24) is 4.31 Å². The van der Waals surface area contributed by atoms with Crippen molar-refractivity contribution in [2.45, 2.75) is 30.8 Å². The average molecular weight is 445 g/mol. The lowest BCUT2D eigenvalue weighted by Gasteiger charge is -2.26. The Morgan fingerprint density at radius 1 is 1.10 bits per heavy atom. The molecule has 1 amide bonds. The second-order valence-corrected chi connectivity index (χ2v) is 8.78. The van der Waals surface area contributed by atoms with E-state index in [0.29, 0.717) is 13.1 Å². The van der Waals surface area contributed by atoms with Gasteiger partial charge in [0.25, 0.3) is 5.91 Å². The number of carbonyl (C=O) groups excluding carboxylic acids is 1. The number of benzene rings is 2. The van der Waals surface area contributed by atoms with Crippen LogP contribution in [0.1, 0.15) is 29.6 Å². The van der Waals surface area contributed by atoms with E-state index in [-0.39, 0.29) is 26.9 Å². The van der Waals surface area contributed by atoms with Crippen molar-refractivity contribution in [2.24, 2.45) is 0 Å². The SMILES string of the molecule is O=C(Nc1ccccc1OC(F)F)c1cc(S(=O)(=O)N2CCCCC2)ccc1Cl. The maximum Gasteiger partial charge on any atom is 0.387 e. The van der Waals surface area contributed by atoms with Crippen LogP contribution in [0.5, 0.6) is 5.75 Å². The zero-order valence-corrected chi connectivity index (χ0v) is 16.8. The van der Waals surface area contributed by atoms with Gasteiger partial charge in [-0.1, -0.05) is 30.2 Å². The molecule has 1 saturated heterocycles. The number of nitrogens with zero attached hydrogens (tertiary/aromatic N) is 1. The molecule has 1 heterocycles. The Hall–Kier alpha value is -2.23. The van der Waals surface area contributed by atoms with Gasteiger partial charge in [0, 0.05) is 13.1 Å². The molecular formula is C19H19ClF2N2O4S. The Morgan fingerprint density at radius 2 is 1.79 bits per heavy atom. The van der Waals surface area contributed by atoms with Gasteiger partial charge in [-0.3, -0.25) is 4.79 Å². The summed E-state index contributed by atoms with van der Waals surface area (Å²) in [5.74, 6) is -0.958. The van der Waals surface area contributed by atoms with Crippen LogP contribution in [0.4, 0.5) is 14.5 Å². The van der Waals surface area contributed by atoms with Crippen LogP contribution in [0.25, 0.3) is 0 Å². The van der Waals surface area contributed by atoms with E-state index in [0.717, 1.165) is 19.3 Å². The molecule has 2 aromatic carbocycles. The van der Waals surface area contributed by atoms with Crippen molar-refractivity contribution in [2.75, 3.05) is 18.4 Å². The largest absolute Gasteiger partial charge is 0.433 e. The number of halogens is 3. The third-order valence-corrected chi connectivity index (χ3v) is 6.71. The normalized spacial score (nSPS) is 15.3. The molecule has 0 radical (unpaired) electrons. The summed E-state index contributed by atoms with van der Waals surface area (Å²) in [5.41, 5.74) is -0.0743. The number of alkyl halides is 2. The molecule has 10 heteroatoms. The van der Waals surface area contributed by atoms with Gasteiger partial charge >= 0.3 is 6.61 Å². The van der Waals surface area contributed by atoms with Gasteiger partial charge in [0.1, 0.15) is 5.75 Å². The molecule has 0 atom stereocenters. The number of carbonyl (C=O) groups is 1. The van der Waals surface area contributed by atoms with E-state index in [9.17, 15) is 22.0 Å². The molecule has 0 aromatic heterocycles. The second kappa shape index (κ2) is 9.06. The highest BCUT2D eigenvalue weighted by Gasteiger charge is 2.27. The fraction of sp³-hybridized carbons (Fsp3) is 0.316. The Labute approximate surface area is 172 Å². The van der Waals surface area contributed by atoms with E-state index in [1.807, 2.05) is 0 Å². The van der Waals surface area contributed by atoms with E-state index >= 15 is 0 Å². The number of hydrogen-bond acceptors (Lipinski definition) is 4. The highest BCUT2D eigenvalue weighted by Crippen LogP contribution is 2.29. The summed E-state index contributed by atoms with van der Waals surface area (Å²) in [6.07, 6.45) is 2.53. The van der Waals surface area contributed by atoms with Gasteiger partial charge in [-0.2, -0.15) is 13.1 Å². The lowest BCUT2D eigenvalue weighted by molar-refractivity contribution is -0.0493. The predicted molar refractivity (Wildman–Crippen MR) is 105 cm³/mol. The van der Waals surface area contributed by atoms with Gasteiger partial charge in [0.15, 0.2) is 0 Å². The van der Waals surface area contributed by atoms with Gasteiger partial charge in [0.05, 0.1) is 21.2 Å². The average Bonchev–Trinajstić information content (AvgIpc) is 2.70. The van der Waals surface area contributed by atoms with E-state index in [1.54, 1.807) is 0 Å². The topological polar surface area (TPSA) is 75.7 Å². The van der Waals surface area contributed by atoms with Crippen LogP contribution in [0.2, 0.25) is 5.02 Å². The lowest BCUT2D eigenvalue weighted by Crippen LogP contribution is -2.35. The molecule has 1 aliphatic heterocycles. The number of piperidine rings is 1. The number of hydrogen-bond donors (Lipinski definition) is 1. The van der Waals surface area contributed by atoms with Gasteiger partial charge in [-0.05, 0) is 43.2 Å². The fourth-order valence-corrected chi connectivity index (χ4v) is 4.80. The molecule has 1 fully saturated rings. The van der Waals surface area contributed by atoms with Gasteiger partial charge in [-0.15, -0.1) is 0 Å². The first kappa shape index (κ1) is 21.5. The minimum Gasteiger partial charge on any atom is -0.433 e. The summed E-state index contributed by atoms with van der Waals surface area (Å²) >= 11 is 6.10. The lowest BCUT2D eigenvalue weighted by atomic mass is 10.2. The van der Waals surface area contributed by atoms with E-state index in [1.165, 1.54) is 46.8 Å². The monoisotopic (exact) mass is 444 g/mol. The van der Waals surface area contributed by atoms with Gasteiger partial charge < -0.3 is 10.1 Å². The summed E-state index contributed by atoms with van der Waals surface area (Å²) in [4.78, 5) is 12.6. The molecule has 3 rings (SSSR count). The Morgan fingerprint density at radius 3 is 2.48 bits per heavy atom. The van der Waals surface area contributed by atoms with E-state index in [2.05, 4.69) is 10.1 Å². The number of para-hydroxylation sites is 2. The first-order valence-electron chi connectivity index (χ1n) is 8.94. The van der Waals surface area contributed by atoms with Crippen LogP contribution >= 0.6 is 11.6 Å². The molecule has 1 aliphatic rings. The smallest absolute Gasteiger partial charge is 0.387 e. The number of rotatable bonds is 6. The van der Waals surface area contributed by atoms with Crippen LogP contribution in [0.3, 0.4) is 0 Å². The third-order valence-electron chi connectivity index (χ3n) is 4.49. The molecular weight excluding hydrogens is 426 g/mol. The standard InChI is InChI=1S/C19H19ClF2N2O4S/c20-15-9-8-13(29(26,27)24-10-4-1-5-11-24)12-14(15)18(25)23-16-6-2-3-7-17(16)28-19(21)22/h2-3,6-9,12,19H,1,4-5,10-11H2,(H,23,25). The summed E-state index contributed by atoms with van der Waals surface area (Å²) in [7, 11) is -3.76.